The van der Waals surface area contributed by atoms with Gasteiger partial charge in [-0.1, -0.05) is 65.7 Å². The van der Waals surface area contributed by atoms with Gasteiger partial charge in [0.05, 0.1) is 13.2 Å². The summed E-state index contributed by atoms with van der Waals surface area (Å²) >= 11 is 0. The van der Waals surface area contributed by atoms with Crippen LogP contribution in [0.15, 0.2) is 0 Å². The summed E-state index contributed by atoms with van der Waals surface area (Å²) in [5.74, 6) is 0. The minimum absolute atomic E-state index is 0.101. The average Bonchev–Trinajstić information content (AvgIpc) is 2.53. The Bertz CT molecular complexity index is 185. The van der Waals surface area contributed by atoms with Gasteiger partial charge in [0.1, 0.15) is 6.10 Å². The van der Waals surface area contributed by atoms with Crippen LogP contribution in [0.3, 0.4) is 0 Å². The van der Waals surface area contributed by atoms with Gasteiger partial charge in [0.2, 0.25) is 0 Å². The predicted octanol–water partition coefficient (Wildman–Crippen LogP) is 5.37. The highest BCUT2D eigenvalue weighted by Gasteiger charge is 2.09. The lowest BCUT2D eigenvalue weighted by molar-refractivity contribution is -0.0613. The quantitative estimate of drug-likeness (QED) is 0.318. The predicted molar refractivity (Wildman–Crippen MR) is 94.6 cm³/mol. The summed E-state index contributed by atoms with van der Waals surface area (Å²) in [4.78, 5) is 0. The van der Waals surface area contributed by atoms with Gasteiger partial charge in [-0.25, -0.2) is 0 Å². The summed E-state index contributed by atoms with van der Waals surface area (Å²) in [7, 11) is 0. The topological polar surface area (TPSA) is 27.7 Å². The van der Waals surface area contributed by atoms with E-state index < -0.39 is 0 Å². The first-order valence-corrected chi connectivity index (χ1v) is 9.62. The van der Waals surface area contributed by atoms with Crippen molar-refractivity contribution < 1.29 is 14.2 Å². The zero-order chi connectivity index (χ0) is 16.3. The molecule has 0 aromatic carbocycles. The molecule has 0 bridgehead atoms. The van der Waals surface area contributed by atoms with E-state index in [1.165, 1.54) is 44.9 Å². The van der Waals surface area contributed by atoms with E-state index in [1.54, 1.807) is 0 Å². The third-order valence-corrected chi connectivity index (χ3v) is 3.74. The minimum atomic E-state index is 0.101. The summed E-state index contributed by atoms with van der Waals surface area (Å²) in [6, 6.07) is 0. The number of unbranched alkanes of at least 4 members (excludes halogenated alkanes) is 7. The maximum atomic E-state index is 5.96. The first kappa shape index (κ1) is 21.9. The summed E-state index contributed by atoms with van der Waals surface area (Å²) < 4.78 is 17.4. The molecule has 0 saturated heterocycles. The molecule has 0 radical (unpaired) electrons. The van der Waals surface area contributed by atoms with Gasteiger partial charge in [0, 0.05) is 19.8 Å². The number of rotatable bonds is 18. The highest BCUT2D eigenvalue weighted by Crippen LogP contribution is 2.06. The second-order valence-corrected chi connectivity index (χ2v) is 6.12. The Morgan fingerprint density at radius 3 is 1.59 bits per heavy atom. The van der Waals surface area contributed by atoms with Gasteiger partial charge in [-0.2, -0.15) is 0 Å². The molecule has 0 N–H and O–H groups in total. The van der Waals surface area contributed by atoms with E-state index in [9.17, 15) is 0 Å². The van der Waals surface area contributed by atoms with Crippen LogP contribution < -0.4 is 0 Å². The average molecular weight is 317 g/mol. The van der Waals surface area contributed by atoms with Crippen molar-refractivity contribution >= 4 is 0 Å². The summed E-state index contributed by atoms with van der Waals surface area (Å²) in [6.45, 7) is 10.5. The lowest BCUT2D eigenvalue weighted by Gasteiger charge is -2.18. The van der Waals surface area contributed by atoms with Crippen molar-refractivity contribution in [2.45, 2.75) is 91.1 Å². The molecule has 0 atom stereocenters. The zero-order valence-corrected chi connectivity index (χ0v) is 15.4. The summed E-state index contributed by atoms with van der Waals surface area (Å²) in [5.41, 5.74) is 0. The molecule has 22 heavy (non-hydrogen) atoms. The van der Waals surface area contributed by atoms with E-state index in [4.69, 9.17) is 14.2 Å². The van der Waals surface area contributed by atoms with Crippen LogP contribution in [0.2, 0.25) is 0 Å². The molecule has 0 spiro atoms. The Morgan fingerprint density at radius 1 is 0.545 bits per heavy atom. The van der Waals surface area contributed by atoms with E-state index in [1.807, 2.05) is 0 Å². The van der Waals surface area contributed by atoms with Gasteiger partial charge in [-0.3, -0.25) is 0 Å². The third-order valence-electron chi connectivity index (χ3n) is 3.74. The van der Waals surface area contributed by atoms with Crippen LogP contribution in [0.4, 0.5) is 0 Å². The van der Waals surface area contributed by atoms with E-state index in [2.05, 4.69) is 20.8 Å². The Hall–Kier alpha value is -0.120. The van der Waals surface area contributed by atoms with Gasteiger partial charge >= 0.3 is 0 Å². The van der Waals surface area contributed by atoms with Crippen LogP contribution in [0, 0.1) is 0 Å². The van der Waals surface area contributed by atoms with Crippen LogP contribution >= 0.6 is 0 Å². The van der Waals surface area contributed by atoms with Crippen molar-refractivity contribution in [1.82, 2.24) is 0 Å². The monoisotopic (exact) mass is 316 g/mol. The fraction of sp³-hybridized carbons (Fsp3) is 1.00. The van der Waals surface area contributed by atoms with Crippen molar-refractivity contribution in [3.63, 3.8) is 0 Å². The van der Waals surface area contributed by atoms with Gasteiger partial charge < -0.3 is 14.2 Å². The molecule has 0 aromatic heterocycles. The molecule has 0 aliphatic carbocycles. The minimum Gasteiger partial charge on any atom is -0.379 e. The Kier molecular flexibility index (Phi) is 18.8. The molecule has 0 unspecified atom stereocenters. The smallest absolute Gasteiger partial charge is 0.104 e. The van der Waals surface area contributed by atoms with E-state index in [-0.39, 0.29) is 6.10 Å². The summed E-state index contributed by atoms with van der Waals surface area (Å²) in [6.07, 6.45) is 12.5. The largest absolute Gasteiger partial charge is 0.379 e. The van der Waals surface area contributed by atoms with Crippen molar-refractivity contribution in [3.05, 3.63) is 0 Å². The maximum absolute atomic E-state index is 5.96. The van der Waals surface area contributed by atoms with Crippen LogP contribution in [0.25, 0.3) is 0 Å². The van der Waals surface area contributed by atoms with Crippen molar-refractivity contribution in [3.8, 4) is 0 Å². The molecule has 0 rings (SSSR count). The Morgan fingerprint density at radius 2 is 1.05 bits per heavy atom. The second-order valence-electron chi connectivity index (χ2n) is 6.12. The molecular formula is C19H40O3. The van der Waals surface area contributed by atoms with E-state index in [0.29, 0.717) is 13.2 Å². The zero-order valence-electron chi connectivity index (χ0n) is 15.4. The first-order valence-electron chi connectivity index (χ1n) is 9.62. The third kappa shape index (κ3) is 16.3. The van der Waals surface area contributed by atoms with Crippen LogP contribution in [0.5, 0.6) is 0 Å². The molecular weight excluding hydrogens is 276 g/mol. The van der Waals surface area contributed by atoms with Crippen LogP contribution in [0.1, 0.15) is 85.0 Å². The van der Waals surface area contributed by atoms with E-state index >= 15 is 0 Å². The number of hydrogen-bond donors (Lipinski definition) is 0. The Labute approximate surface area is 139 Å². The van der Waals surface area contributed by atoms with Crippen LogP contribution in [-0.4, -0.2) is 39.1 Å². The van der Waals surface area contributed by atoms with Crippen molar-refractivity contribution in [2.24, 2.45) is 0 Å². The first-order chi connectivity index (χ1) is 10.8. The fourth-order valence-electron chi connectivity index (χ4n) is 2.20. The highest BCUT2D eigenvalue weighted by molar-refractivity contribution is 4.56. The normalized spacial score (nSPS) is 11.5. The number of ether oxygens (including phenoxy) is 3. The lowest BCUT2D eigenvalue weighted by Crippen LogP contribution is -2.26. The molecule has 0 heterocycles. The Balaban J connectivity index is 3.66. The standard InChI is InChI=1S/C19H40O3/c1-4-7-10-11-12-13-16-22-19(17-20-14-8-5-2)18-21-15-9-6-3/h19H,4-18H2,1-3H3. The van der Waals surface area contributed by atoms with E-state index in [0.717, 1.165) is 39.1 Å². The highest BCUT2D eigenvalue weighted by atomic mass is 16.6. The lowest BCUT2D eigenvalue weighted by atomic mass is 10.1. The van der Waals surface area contributed by atoms with Gasteiger partial charge in [0.25, 0.3) is 0 Å². The molecule has 0 aliphatic rings. The second kappa shape index (κ2) is 18.9. The van der Waals surface area contributed by atoms with Gasteiger partial charge in [0.15, 0.2) is 0 Å². The fourth-order valence-corrected chi connectivity index (χ4v) is 2.20. The number of hydrogen-bond acceptors (Lipinski definition) is 3. The molecule has 0 fully saturated rings. The van der Waals surface area contributed by atoms with Crippen molar-refractivity contribution in [1.29, 1.82) is 0 Å². The molecule has 0 saturated carbocycles. The molecule has 134 valence electrons. The van der Waals surface area contributed by atoms with Crippen LogP contribution in [-0.2, 0) is 14.2 Å². The van der Waals surface area contributed by atoms with Gasteiger partial charge in [-0.05, 0) is 19.3 Å². The molecule has 0 aliphatic heterocycles. The molecule has 0 aromatic rings. The van der Waals surface area contributed by atoms with Gasteiger partial charge in [-0.15, -0.1) is 0 Å². The van der Waals surface area contributed by atoms with Crippen molar-refractivity contribution in [2.75, 3.05) is 33.0 Å². The maximum Gasteiger partial charge on any atom is 0.104 e. The molecule has 3 heteroatoms. The molecule has 0 amide bonds. The SMILES string of the molecule is CCCCCCCCOC(COCCCC)COCCCC. The molecule has 3 nitrogen and oxygen atoms in total. The summed E-state index contributed by atoms with van der Waals surface area (Å²) in [5, 5.41) is 0.